The summed E-state index contributed by atoms with van der Waals surface area (Å²) >= 11 is 0. The van der Waals surface area contributed by atoms with Gasteiger partial charge in [0.2, 0.25) is 0 Å². The molecule has 156 valence electrons. The maximum absolute atomic E-state index is 11.8. The minimum absolute atomic E-state index is 0. The Balaban J connectivity index is 0.00000420. The van der Waals surface area contributed by atoms with Crippen LogP contribution in [0.5, 0.6) is 0 Å². The first-order chi connectivity index (χ1) is 13.5. The molecule has 3 nitrogen and oxygen atoms in total. The molecule has 2 aromatic rings. The maximum Gasteiger partial charge on any atom is 1.00 e. The number of hydrogen-bond donors (Lipinski definition) is 0. The molecule has 0 aliphatic carbocycles. The molecule has 0 radical (unpaired) electrons. The summed E-state index contributed by atoms with van der Waals surface area (Å²) in [6, 6.07) is 9.49. The summed E-state index contributed by atoms with van der Waals surface area (Å²) in [7, 11) is -4.46. The molecular weight excluding hydrogens is 407 g/mol. The number of hydrogen-bond acceptors (Lipinski definition) is 3. The summed E-state index contributed by atoms with van der Waals surface area (Å²) in [5, 5.41) is 2.05. The van der Waals surface area contributed by atoms with E-state index in [0.717, 1.165) is 48.4 Å². The Hall–Kier alpha value is 0.246. The zero-order valence-electron chi connectivity index (χ0n) is 18.5. The van der Waals surface area contributed by atoms with E-state index < -0.39 is 10.1 Å². The van der Waals surface area contributed by atoms with Crippen LogP contribution in [0.25, 0.3) is 10.8 Å². The van der Waals surface area contributed by atoms with Gasteiger partial charge in [0.25, 0.3) is 0 Å². The third-order valence-electron chi connectivity index (χ3n) is 5.57. The Kier molecular flexibility index (Phi) is 13.5. The topological polar surface area (TPSA) is 57.2 Å². The van der Waals surface area contributed by atoms with Gasteiger partial charge in [-0.15, -0.1) is 0 Å². The van der Waals surface area contributed by atoms with E-state index in [4.69, 9.17) is 0 Å². The Bertz CT molecular complexity index is 847. The molecule has 0 aromatic heterocycles. The minimum atomic E-state index is -4.46. The van der Waals surface area contributed by atoms with Gasteiger partial charge in [-0.2, -0.15) is 0 Å². The molecule has 0 saturated heterocycles. The van der Waals surface area contributed by atoms with Crippen LogP contribution >= 0.6 is 0 Å². The largest absolute Gasteiger partial charge is 1.00 e. The molecule has 2 aromatic carbocycles. The fourth-order valence-corrected chi connectivity index (χ4v) is 4.75. The predicted octanol–water partition coefficient (Wildman–Crippen LogP) is 3.77. The molecule has 0 fully saturated rings. The van der Waals surface area contributed by atoms with Crippen LogP contribution in [0.1, 0.15) is 89.2 Å². The Morgan fingerprint density at radius 2 is 1.31 bits per heavy atom. The fraction of sp³-hybridized carbons (Fsp3) is 0.583. The molecule has 29 heavy (non-hydrogen) atoms. The molecule has 0 aliphatic heterocycles. The van der Waals surface area contributed by atoms with Crippen LogP contribution in [-0.2, 0) is 23.0 Å². The number of benzene rings is 2. The van der Waals surface area contributed by atoms with Gasteiger partial charge in [-0.05, 0) is 53.6 Å². The summed E-state index contributed by atoms with van der Waals surface area (Å²) in [5.74, 6) is 0. The summed E-state index contributed by atoms with van der Waals surface area (Å²) in [6.07, 6.45) is 13.3. The number of aryl methyl sites for hydroxylation is 2. The van der Waals surface area contributed by atoms with Crippen molar-refractivity contribution in [2.24, 2.45) is 0 Å². The quantitative estimate of drug-likeness (QED) is 0.269. The van der Waals surface area contributed by atoms with E-state index in [1.807, 2.05) is 18.2 Å². The number of fused-ring (bicyclic) bond motifs is 1. The Morgan fingerprint density at radius 3 is 1.90 bits per heavy atom. The molecular formula is C24H35KO3S. The third-order valence-corrected chi connectivity index (χ3v) is 6.49. The second-order valence-corrected chi connectivity index (χ2v) is 9.19. The van der Waals surface area contributed by atoms with Crippen LogP contribution in [0.15, 0.2) is 35.2 Å². The Morgan fingerprint density at radius 1 is 0.724 bits per heavy atom. The van der Waals surface area contributed by atoms with Crippen molar-refractivity contribution >= 4 is 20.9 Å². The summed E-state index contributed by atoms with van der Waals surface area (Å²) < 4.78 is 35.5. The van der Waals surface area contributed by atoms with Gasteiger partial charge in [-0.1, -0.05) is 89.5 Å². The summed E-state index contributed by atoms with van der Waals surface area (Å²) in [5.41, 5.74) is 1.98. The third kappa shape index (κ3) is 8.72. The fourth-order valence-electron chi connectivity index (χ4n) is 4.00. The van der Waals surface area contributed by atoms with E-state index in [1.165, 1.54) is 50.2 Å². The SMILES string of the molecule is CCCCCCCc1cccc2c(CCCCCCC)c(S(=O)(=O)[O-])ccc12.[K+]. The second kappa shape index (κ2) is 14.3. The average Bonchev–Trinajstić information content (AvgIpc) is 2.66. The van der Waals surface area contributed by atoms with Crippen molar-refractivity contribution < 1.29 is 64.4 Å². The van der Waals surface area contributed by atoms with Crippen LogP contribution < -0.4 is 51.4 Å². The van der Waals surface area contributed by atoms with Gasteiger partial charge in [0.05, 0.1) is 4.90 Å². The predicted molar refractivity (Wildman–Crippen MR) is 117 cm³/mol. The summed E-state index contributed by atoms with van der Waals surface area (Å²) in [4.78, 5) is -0.0319. The first-order valence-corrected chi connectivity index (χ1v) is 12.4. The van der Waals surface area contributed by atoms with Crippen molar-refractivity contribution in [2.75, 3.05) is 0 Å². The van der Waals surface area contributed by atoms with Crippen molar-refractivity contribution in [1.29, 1.82) is 0 Å². The molecule has 0 amide bonds. The molecule has 2 rings (SSSR count). The van der Waals surface area contributed by atoms with Crippen molar-refractivity contribution in [2.45, 2.75) is 95.8 Å². The van der Waals surface area contributed by atoms with Gasteiger partial charge in [0.15, 0.2) is 0 Å². The van der Waals surface area contributed by atoms with E-state index in [2.05, 4.69) is 19.9 Å². The van der Waals surface area contributed by atoms with E-state index in [9.17, 15) is 13.0 Å². The van der Waals surface area contributed by atoms with E-state index in [0.29, 0.717) is 6.42 Å². The summed E-state index contributed by atoms with van der Waals surface area (Å²) in [6.45, 7) is 4.40. The minimum Gasteiger partial charge on any atom is -0.744 e. The van der Waals surface area contributed by atoms with Gasteiger partial charge in [-0.25, -0.2) is 8.42 Å². The molecule has 0 spiro atoms. The number of rotatable bonds is 13. The van der Waals surface area contributed by atoms with Gasteiger partial charge in [0, 0.05) is 0 Å². The first kappa shape index (κ1) is 27.3. The molecule has 5 heteroatoms. The van der Waals surface area contributed by atoms with Crippen molar-refractivity contribution in [3.63, 3.8) is 0 Å². The first-order valence-electron chi connectivity index (χ1n) is 11.0. The van der Waals surface area contributed by atoms with Gasteiger partial charge >= 0.3 is 51.4 Å². The molecule has 0 aliphatic rings. The second-order valence-electron chi connectivity index (χ2n) is 7.84. The van der Waals surface area contributed by atoms with Gasteiger partial charge in [0.1, 0.15) is 10.1 Å². The van der Waals surface area contributed by atoms with Crippen molar-refractivity contribution in [3.05, 3.63) is 41.5 Å². The monoisotopic (exact) mass is 442 g/mol. The zero-order chi connectivity index (χ0) is 20.4. The van der Waals surface area contributed by atoms with Gasteiger partial charge < -0.3 is 4.55 Å². The molecule has 0 heterocycles. The smallest absolute Gasteiger partial charge is 0.744 e. The van der Waals surface area contributed by atoms with Crippen LogP contribution in [0, 0.1) is 0 Å². The van der Waals surface area contributed by atoms with Crippen LogP contribution in [-0.4, -0.2) is 13.0 Å². The van der Waals surface area contributed by atoms with Crippen molar-refractivity contribution in [3.8, 4) is 0 Å². The van der Waals surface area contributed by atoms with E-state index >= 15 is 0 Å². The average molecular weight is 443 g/mol. The maximum atomic E-state index is 11.8. The molecule has 0 bridgehead atoms. The van der Waals surface area contributed by atoms with E-state index in [1.54, 1.807) is 0 Å². The van der Waals surface area contributed by atoms with Crippen molar-refractivity contribution in [1.82, 2.24) is 0 Å². The normalized spacial score (nSPS) is 11.6. The molecule has 0 unspecified atom stereocenters. The standard InChI is InChI=1S/C24H36O3S.K/c1-3-5-7-9-11-14-20-15-13-17-22-21(20)18-19-24(28(25,26)27)23(22)16-12-10-8-6-4-2;/h13,15,17-19H,3-12,14,16H2,1-2H3,(H,25,26,27);/q;+1/p-1. The van der Waals surface area contributed by atoms with Crippen LogP contribution in [0.2, 0.25) is 0 Å². The van der Waals surface area contributed by atoms with E-state index in [-0.39, 0.29) is 56.3 Å². The van der Waals surface area contributed by atoms with Crippen LogP contribution in [0.4, 0.5) is 0 Å². The molecule has 0 saturated carbocycles. The Labute approximate surface area is 220 Å². The van der Waals surface area contributed by atoms with Gasteiger partial charge in [-0.3, -0.25) is 0 Å². The van der Waals surface area contributed by atoms with Crippen LogP contribution in [0.3, 0.4) is 0 Å². The number of unbranched alkanes of at least 4 members (excludes halogenated alkanes) is 8. The molecule has 0 N–H and O–H groups in total. The molecule has 0 atom stereocenters. The zero-order valence-corrected chi connectivity index (χ0v) is 22.4.